The van der Waals surface area contributed by atoms with E-state index in [0.717, 1.165) is 4.47 Å². The zero-order valence-corrected chi connectivity index (χ0v) is 14.8. The van der Waals surface area contributed by atoms with Crippen LogP contribution < -0.4 is 5.56 Å². The summed E-state index contributed by atoms with van der Waals surface area (Å²) in [6, 6.07) is 13.6. The second-order valence-electron chi connectivity index (χ2n) is 5.38. The minimum atomic E-state index is -1.02. The zero-order chi connectivity index (χ0) is 18.0. The minimum Gasteiger partial charge on any atom is -0.478 e. The van der Waals surface area contributed by atoms with E-state index in [4.69, 9.17) is 5.11 Å². The molecule has 3 rings (SSSR count). The Bertz CT molecular complexity index is 1020. The summed E-state index contributed by atoms with van der Waals surface area (Å²) in [5, 5.41) is 12.0. The number of aromatic carboxylic acids is 1. The lowest BCUT2D eigenvalue weighted by Gasteiger charge is -2.00. The fraction of sp³-hybridized carbons (Fsp3) is 0.0556. The van der Waals surface area contributed by atoms with Gasteiger partial charge in [0, 0.05) is 16.4 Å². The molecular weight excluding hydrogens is 386 g/mol. The Morgan fingerprint density at radius 3 is 2.64 bits per heavy atom. The van der Waals surface area contributed by atoms with Crippen LogP contribution in [0.1, 0.15) is 21.6 Å². The van der Waals surface area contributed by atoms with Crippen molar-refractivity contribution in [2.45, 2.75) is 6.92 Å². The first-order valence-electron chi connectivity index (χ1n) is 7.40. The third-order valence-electron chi connectivity index (χ3n) is 3.64. The molecule has 0 radical (unpaired) electrons. The lowest BCUT2D eigenvalue weighted by molar-refractivity contribution is 0.0697. The molecule has 0 aliphatic rings. The maximum atomic E-state index is 12.6. The van der Waals surface area contributed by atoms with Crippen molar-refractivity contribution in [2.24, 2.45) is 4.99 Å². The first kappa shape index (κ1) is 16.9. The van der Waals surface area contributed by atoms with Crippen molar-refractivity contribution in [3.63, 3.8) is 0 Å². The van der Waals surface area contributed by atoms with Crippen LogP contribution in [-0.2, 0) is 0 Å². The topological polar surface area (TPSA) is 87.5 Å². The molecule has 2 N–H and O–H groups in total. The van der Waals surface area contributed by atoms with Crippen molar-refractivity contribution in [2.75, 3.05) is 0 Å². The van der Waals surface area contributed by atoms with E-state index in [9.17, 15) is 9.59 Å². The van der Waals surface area contributed by atoms with E-state index in [1.165, 1.54) is 23.0 Å². The number of benzene rings is 2. The quantitative estimate of drug-likeness (QED) is 0.655. The van der Waals surface area contributed by atoms with Crippen LogP contribution in [0.5, 0.6) is 0 Å². The number of carbonyl (C=O) groups is 1. The van der Waals surface area contributed by atoms with Crippen LogP contribution in [0.25, 0.3) is 5.69 Å². The molecule has 1 heterocycles. The third-order valence-corrected chi connectivity index (χ3v) is 4.17. The summed E-state index contributed by atoms with van der Waals surface area (Å²) in [6.45, 7) is 1.78. The minimum absolute atomic E-state index is 0.146. The number of aromatic amines is 1. The van der Waals surface area contributed by atoms with Crippen LogP contribution >= 0.6 is 15.9 Å². The highest BCUT2D eigenvalue weighted by atomic mass is 79.9. The molecule has 0 saturated carbocycles. The van der Waals surface area contributed by atoms with Gasteiger partial charge in [-0.2, -0.15) is 0 Å². The lowest BCUT2D eigenvalue weighted by atomic mass is 10.2. The number of halogens is 1. The first-order valence-corrected chi connectivity index (χ1v) is 8.20. The lowest BCUT2D eigenvalue weighted by Crippen LogP contribution is -2.17. The Kier molecular flexibility index (Phi) is 4.67. The van der Waals surface area contributed by atoms with Gasteiger partial charge in [0.05, 0.1) is 22.5 Å². The molecule has 1 aromatic heterocycles. The number of carboxylic acid groups (broad SMARTS) is 1. The van der Waals surface area contributed by atoms with E-state index >= 15 is 0 Å². The molecule has 0 aliphatic heterocycles. The SMILES string of the molecule is Cc1[nH]n(-c2ccc(Br)cc2)c(=O)c1C=Nc1cccc(C(=O)O)c1. The normalized spacial score (nSPS) is 11.1. The van der Waals surface area contributed by atoms with Crippen molar-refractivity contribution in [3.8, 4) is 5.69 Å². The standard InChI is InChI=1S/C18H14BrN3O3/c1-11-16(10-20-14-4-2-3-12(9-14)18(24)25)17(23)22(21-11)15-7-5-13(19)6-8-15/h2-10,21H,1H3,(H,24,25). The summed E-state index contributed by atoms with van der Waals surface area (Å²) >= 11 is 3.36. The second-order valence-corrected chi connectivity index (χ2v) is 6.30. The number of H-pyrrole nitrogens is 1. The van der Waals surface area contributed by atoms with Gasteiger partial charge in [-0.05, 0) is 49.4 Å². The van der Waals surface area contributed by atoms with Gasteiger partial charge in [-0.1, -0.05) is 22.0 Å². The largest absolute Gasteiger partial charge is 0.478 e. The Morgan fingerprint density at radius 1 is 1.24 bits per heavy atom. The van der Waals surface area contributed by atoms with E-state index in [1.807, 2.05) is 24.3 Å². The highest BCUT2D eigenvalue weighted by molar-refractivity contribution is 9.10. The van der Waals surface area contributed by atoms with Crippen LogP contribution in [0.2, 0.25) is 0 Å². The van der Waals surface area contributed by atoms with E-state index < -0.39 is 5.97 Å². The van der Waals surface area contributed by atoms with E-state index in [2.05, 4.69) is 26.0 Å². The molecule has 126 valence electrons. The molecule has 0 amide bonds. The second kappa shape index (κ2) is 6.90. The number of aliphatic imine (C=N–C) groups is 1. The number of nitrogens with one attached hydrogen (secondary N) is 1. The first-order chi connectivity index (χ1) is 12.0. The average Bonchev–Trinajstić information content (AvgIpc) is 2.88. The van der Waals surface area contributed by atoms with Crippen LogP contribution in [0.15, 0.2) is 62.8 Å². The molecule has 0 atom stereocenters. The van der Waals surface area contributed by atoms with Crippen LogP contribution in [0.3, 0.4) is 0 Å². The maximum Gasteiger partial charge on any atom is 0.335 e. The van der Waals surface area contributed by atoms with Gasteiger partial charge < -0.3 is 5.11 Å². The summed E-state index contributed by atoms with van der Waals surface area (Å²) in [5.41, 5.74) is 2.19. The van der Waals surface area contributed by atoms with E-state index in [1.54, 1.807) is 19.1 Å². The Morgan fingerprint density at radius 2 is 1.96 bits per heavy atom. The van der Waals surface area contributed by atoms with E-state index in [0.29, 0.717) is 22.6 Å². The number of aryl methyl sites for hydroxylation is 1. The summed E-state index contributed by atoms with van der Waals surface area (Å²) in [7, 11) is 0. The highest BCUT2D eigenvalue weighted by Crippen LogP contribution is 2.15. The number of aromatic nitrogens is 2. The van der Waals surface area contributed by atoms with Crippen molar-refractivity contribution in [1.29, 1.82) is 0 Å². The maximum absolute atomic E-state index is 12.6. The van der Waals surface area contributed by atoms with Gasteiger partial charge in [0.15, 0.2) is 0 Å². The number of hydrogen-bond donors (Lipinski definition) is 2. The number of hydrogen-bond acceptors (Lipinski definition) is 3. The van der Waals surface area contributed by atoms with Gasteiger partial charge in [-0.25, -0.2) is 9.48 Å². The predicted octanol–water partition coefficient (Wildman–Crippen LogP) is 3.69. The molecule has 0 saturated heterocycles. The smallest absolute Gasteiger partial charge is 0.335 e. The molecule has 0 aliphatic carbocycles. The number of nitrogens with zero attached hydrogens (tertiary/aromatic N) is 2. The zero-order valence-electron chi connectivity index (χ0n) is 13.2. The van der Waals surface area contributed by atoms with Gasteiger partial charge in [0.2, 0.25) is 0 Å². The Labute approximate surface area is 151 Å². The molecule has 2 aromatic carbocycles. The summed E-state index contributed by atoms with van der Waals surface area (Å²) in [4.78, 5) is 27.8. The predicted molar refractivity (Wildman–Crippen MR) is 99.5 cm³/mol. The Balaban J connectivity index is 1.96. The van der Waals surface area contributed by atoms with Gasteiger partial charge in [-0.3, -0.25) is 14.9 Å². The third kappa shape index (κ3) is 3.61. The molecule has 0 bridgehead atoms. The summed E-state index contributed by atoms with van der Waals surface area (Å²) in [6.07, 6.45) is 1.45. The molecule has 0 fully saturated rings. The summed E-state index contributed by atoms with van der Waals surface area (Å²) in [5.74, 6) is -1.02. The molecule has 0 spiro atoms. The fourth-order valence-corrected chi connectivity index (χ4v) is 2.61. The highest BCUT2D eigenvalue weighted by Gasteiger charge is 2.11. The number of carboxylic acids is 1. The van der Waals surface area contributed by atoms with Crippen molar-refractivity contribution in [3.05, 3.63) is 80.2 Å². The van der Waals surface area contributed by atoms with Gasteiger partial charge in [-0.15, -0.1) is 0 Å². The van der Waals surface area contributed by atoms with Crippen LogP contribution in [0, 0.1) is 6.92 Å². The van der Waals surface area contributed by atoms with E-state index in [-0.39, 0.29) is 11.1 Å². The molecule has 0 unspecified atom stereocenters. The van der Waals surface area contributed by atoms with Gasteiger partial charge in [0.25, 0.3) is 5.56 Å². The van der Waals surface area contributed by atoms with Crippen molar-refractivity contribution in [1.82, 2.24) is 9.78 Å². The monoisotopic (exact) mass is 399 g/mol. The van der Waals surface area contributed by atoms with Crippen molar-refractivity contribution < 1.29 is 9.90 Å². The van der Waals surface area contributed by atoms with Crippen molar-refractivity contribution >= 4 is 33.8 Å². The molecule has 6 nitrogen and oxygen atoms in total. The average molecular weight is 400 g/mol. The molecule has 7 heteroatoms. The van der Waals surface area contributed by atoms with Crippen LogP contribution in [0.4, 0.5) is 5.69 Å². The number of rotatable bonds is 4. The van der Waals surface area contributed by atoms with Crippen LogP contribution in [-0.4, -0.2) is 27.1 Å². The van der Waals surface area contributed by atoms with Gasteiger partial charge >= 0.3 is 5.97 Å². The van der Waals surface area contributed by atoms with Gasteiger partial charge in [0.1, 0.15) is 0 Å². The summed E-state index contributed by atoms with van der Waals surface area (Å²) < 4.78 is 2.37. The molecule has 25 heavy (non-hydrogen) atoms. The molecule has 3 aromatic rings. The molecular formula is C18H14BrN3O3. The Hall–Kier alpha value is -2.93. The fourth-order valence-electron chi connectivity index (χ4n) is 2.34.